The molecule has 184 valence electrons. The smallest absolute Gasteiger partial charge is 0.260 e. The molecule has 3 aromatic heterocycles. The summed E-state index contributed by atoms with van der Waals surface area (Å²) in [5.41, 5.74) is 0.669. The van der Waals surface area contributed by atoms with Crippen LogP contribution in [0.15, 0.2) is 48.7 Å². The lowest BCUT2D eigenvalue weighted by Crippen LogP contribution is -2.14. The van der Waals surface area contributed by atoms with E-state index in [1.165, 1.54) is 40.9 Å². The number of aromatic nitrogens is 5. The maximum Gasteiger partial charge on any atom is 0.260 e. The molecule has 2 amide bonds. The molecule has 0 unspecified atom stereocenters. The minimum atomic E-state index is -0.579. The molecule has 36 heavy (non-hydrogen) atoms. The van der Waals surface area contributed by atoms with Gasteiger partial charge in [-0.2, -0.15) is 0 Å². The van der Waals surface area contributed by atoms with Crippen LogP contribution in [0.5, 0.6) is 0 Å². The average molecular weight is 524 g/mol. The van der Waals surface area contributed by atoms with Crippen molar-refractivity contribution in [1.29, 1.82) is 0 Å². The molecule has 5 rings (SSSR count). The second-order valence-electron chi connectivity index (χ2n) is 8.51. The highest BCUT2D eigenvalue weighted by Crippen LogP contribution is 2.41. The van der Waals surface area contributed by atoms with E-state index in [0.717, 1.165) is 35.7 Å². The number of carbonyl (C=O) groups is 2. The number of carbonyl (C=O) groups excluding carboxylic acids is 2. The van der Waals surface area contributed by atoms with E-state index in [1.807, 2.05) is 18.2 Å². The highest BCUT2D eigenvalue weighted by Gasteiger charge is 2.30. The standard InChI is InChI=1S/C24H22FN7O2S2/c25-18-7-2-1-6-17(18)21(34)28-24-31-29-20(35-24)12-14-8-9-15(11-14)22-30-32-23(36-22)27-19(33)13-16-5-3-4-10-26-16/h1-7,10,14-15H,8-9,11-13H2,(H,27,32,33)(H,28,31,34)/t14-,15+/m0/s1. The first kappa shape index (κ1) is 24.1. The van der Waals surface area contributed by atoms with Crippen molar-refractivity contribution in [3.05, 3.63) is 75.8 Å². The van der Waals surface area contributed by atoms with Crippen LogP contribution >= 0.6 is 22.7 Å². The van der Waals surface area contributed by atoms with Crippen LogP contribution in [0.1, 0.15) is 51.2 Å². The zero-order valence-electron chi connectivity index (χ0n) is 19.1. The summed E-state index contributed by atoms with van der Waals surface area (Å²) in [6.45, 7) is 0. The van der Waals surface area contributed by atoms with Gasteiger partial charge in [0.2, 0.25) is 16.2 Å². The van der Waals surface area contributed by atoms with Crippen LogP contribution in [-0.2, 0) is 17.6 Å². The van der Waals surface area contributed by atoms with Gasteiger partial charge in [0.25, 0.3) is 5.91 Å². The number of nitrogens with zero attached hydrogens (tertiary/aromatic N) is 5. The van der Waals surface area contributed by atoms with Crippen LogP contribution in [0.2, 0.25) is 0 Å². The molecule has 2 atom stereocenters. The van der Waals surface area contributed by atoms with E-state index in [4.69, 9.17) is 0 Å². The third-order valence-corrected chi connectivity index (χ3v) is 7.78. The summed E-state index contributed by atoms with van der Waals surface area (Å²) in [5.74, 6) is -0.610. The highest BCUT2D eigenvalue weighted by atomic mass is 32.1. The van der Waals surface area contributed by atoms with Crippen LogP contribution in [0.25, 0.3) is 0 Å². The van der Waals surface area contributed by atoms with Gasteiger partial charge in [-0.1, -0.05) is 40.9 Å². The minimum Gasteiger partial charge on any atom is -0.300 e. The van der Waals surface area contributed by atoms with Crippen LogP contribution < -0.4 is 10.6 Å². The van der Waals surface area contributed by atoms with Crippen LogP contribution in [0.4, 0.5) is 14.7 Å². The van der Waals surface area contributed by atoms with E-state index < -0.39 is 11.7 Å². The van der Waals surface area contributed by atoms with Crippen molar-refractivity contribution >= 4 is 44.8 Å². The molecule has 4 aromatic rings. The molecule has 0 spiro atoms. The van der Waals surface area contributed by atoms with Gasteiger partial charge >= 0.3 is 0 Å². The Morgan fingerprint density at radius 2 is 1.75 bits per heavy atom. The second kappa shape index (κ2) is 11.0. The number of amides is 2. The van der Waals surface area contributed by atoms with Gasteiger partial charge in [-0.15, -0.1) is 20.4 Å². The van der Waals surface area contributed by atoms with Gasteiger partial charge in [0, 0.05) is 24.2 Å². The first-order valence-electron chi connectivity index (χ1n) is 11.4. The molecule has 1 aliphatic rings. The van der Waals surface area contributed by atoms with E-state index in [1.54, 1.807) is 12.3 Å². The molecule has 2 N–H and O–H groups in total. The lowest BCUT2D eigenvalue weighted by atomic mass is 10.0. The van der Waals surface area contributed by atoms with Gasteiger partial charge in [0.15, 0.2) is 0 Å². The lowest BCUT2D eigenvalue weighted by Gasteiger charge is -2.07. The Balaban J connectivity index is 1.12. The molecule has 12 heteroatoms. The molecule has 0 bridgehead atoms. The molecule has 1 aromatic carbocycles. The Bertz CT molecular complexity index is 1360. The van der Waals surface area contributed by atoms with Gasteiger partial charge in [-0.3, -0.25) is 19.9 Å². The van der Waals surface area contributed by atoms with Gasteiger partial charge < -0.3 is 5.32 Å². The van der Waals surface area contributed by atoms with E-state index in [2.05, 4.69) is 36.0 Å². The van der Waals surface area contributed by atoms with Gasteiger partial charge in [0.1, 0.15) is 15.8 Å². The molecule has 1 saturated carbocycles. The monoisotopic (exact) mass is 523 g/mol. The average Bonchev–Trinajstić information content (AvgIpc) is 3.62. The van der Waals surface area contributed by atoms with Crippen LogP contribution in [0, 0.1) is 11.7 Å². The fourth-order valence-corrected chi connectivity index (χ4v) is 5.96. The van der Waals surface area contributed by atoms with Gasteiger partial charge in [-0.25, -0.2) is 4.39 Å². The predicted octanol–water partition coefficient (Wildman–Crippen LogP) is 4.48. The summed E-state index contributed by atoms with van der Waals surface area (Å²) in [5, 5.41) is 24.7. The van der Waals surface area contributed by atoms with Crippen molar-refractivity contribution in [2.75, 3.05) is 10.6 Å². The van der Waals surface area contributed by atoms with Crippen molar-refractivity contribution in [2.24, 2.45) is 5.92 Å². The second-order valence-corrected chi connectivity index (χ2v) is 10.6. The summed E-state index contributed by atoms with van der Waals surface area (Å²) >= 11 is 2.71. The topological polar surface area (TPSA) is 123 Å². The number of nitrogens with one attached hydrogen (secondary N) is 2. The Morgan fingerprint density at radius 3 is 2.58 bits per heavy atom. The fraction of sp³-hybridized carbons (Fsp3) is 0.292. The summed E-state index contributed by atoms with van der Waals surface area (Å²) in [7, 11) is 0. The number of pyridine rings is 1. The van der Waals surface area contributed by atoms with E-state index >= 15 is 0 Å². The zero-order chi connectivity index (χ0) is 24.9. The Hall–Kier alpha value is -3.64. The largest absolute Gasteiger partial charge is 0.300 e. The molecule has 0 radical (unpaired) electrons. The molecule has 0 saturated heterocycles. The molecule has 1 aliphatic carbocycles. The number of hydrogen-bond donors (Lipinski definition) is 2. The number of anilines is 2. The molecule has 1 fully saturated rings. The van der Waals surface area contributed by atoms with E-state index in [0.29, 0.717) is 21.9 Å². The number of benzene rings is 1. The Morgan fingerprint density at radius 1 is 0.944 bits per heavy atom. The third kappa shape index (κ3) is 5.94. The SMILES string of the molecule is O=C(Cc1ccccn1)Nc1nnc([C@@H]2CC[C@H](Cc3nnc(NC(=O)c4ccccc4F)s3)C2)s1. The van der Waals surface area contributed by atoms with E-state index in [-0.39, 0.29) is 23.8 Å². The maximum absolute atomic E-state index is 13.8. The zero-order valence-corrected chi connectivity index (χ0v) is 20.7. The lowest BCUT2D eigenvalue weighted by molar-refractivity contribution is -0.115. The Kier molecular flexibility index (Phi) is 7.33. The van der Waals surface area contributed by atoms with Crippen molar-refractivity contribution < 1.29 is 14.0 Å². The summed E-state index contributed by atoms with van der Waals surface area (Å²) < 4.78 is 13.8. The molecule has 3 heterocycles. The molecule has 9 nitrogen and oxygen atoms in total. The quantitative estimate of drug-likeness (QED) is 0.349. The number of halogens is 1. The highest BCUT2D eigenvalue weighted by molar-refractivity contribution is 7.15. The van der Waals surface area contributed by atoms with Crippen LogP contribution in [0.3, 0.4) is 0 Å². The van der Waals surface area contributed by atoms with Crippen LogP contribution in [-0.4, -0.2) is 37.2 Å². The van der Waals surface area contributed by atoms with Crippen molar-refractivity contribution in [3.63, 3.8) is 0 Å². The Labute approximate surface area is 214 Å². The fourth-order valence-electron chi connectivity index (χ4n) is 4.21. The molecule has 0 aliphatic heterocycles. The van der Waals surface area contributed by atoms with Crippen molar-refractivity contribution in [1.82, 2.24) is 25.4 Å². The van der Waals surface area contributed by atoms with Gasteiger partial charge in [-0.05, 0) is 49.4 Å². The minimum absolute atomic E-state index is 0.0303. The summed E-state index contributed by atoms with van der Waals surface area (Å²) in [6, 6.07) is 11.3. The van der Waals surface area contributed by atoms with Gasteiger partial charge in [0.05, 0.1) is 12.0 Å². The first-order chi connectivity index (χ1) is 17.5. The van der Waals surface area contributed by atoms with Crippen molar-refractivity contribution in [2.45, 2.75) is 38.0 Å². The van der Waals surface area contributed by atoms with E-state index in [9.17, 15) is 14.0 Å². The predicted molar refractivity (Wildman–Crippen MR) is 135 cm³/mol. The number of rotatable bonds is 8. The molecular formula is C24H22FN7O2S2. The van der Waals surface area contributed by atoms with Crippen molar-refractivity contribution in [3.8, 4) is 0 Å². The first-order valence-corrected chi connectivity index (χ1v) is 13.1. The summed E-state index contributed by atoms with van der Waals surface area (Å²) in [6.07, 6.45) is 5.53. The number of hydrogen-bond acceptors (Lipinski definition) is 9. The summed E-state index contributed by atoms with van der Waals surface area (Å²) in [4.78, 5) is 28.7. The molecular weight excluding hydrogens is 501 g/mol. The maximum atomic E-state index is 13.8. The third-order valence-electron chi connectivity index (χ3n) is 5.91. The normalized spacial score (nSPS) is 17.1.